The van der Waals surface area contributed by atoms with E-state index in [1.54, 1.807) is 0 Å². The van der Waals surface area contributed by atoms with Crippen LogP contribution in [0.2, 0.25) is 0 Å². The van der Waals surface area contributed by atoms with Gasteiger partial charge in [-0.2, -0.15) is 0 Å². The average molecular weight is 339 g/mol. The van der Waals surface area contributed by atoms with Crippen molar-refractivity contribution in [1.82, 2.24) is 5.32 Å². The van der Waals surface area contributed by atoms with Crippen molar-refractivity contribution in [3.05, 3.63) is 48.0 Å². The number of anilines is 2. The highest BCUT2D eigenvalue weighted by atomic mass is 16.5. The first kappa shape index (κ1) is 17.6. The molecule has 1 N–H and O–H groups in total. The molecule has 0 atom stereocenters. The Morgan fingerprint density at radius 1 is 1.04 bits per heavy atom. The first-order chi connectivity index (χ1) is 12.2. The van der Waals surface area contributed by atoms with Gasteiger partial charge in [0.25, 0.3) is 0 Å². The Hall–Kier alpha value is -2.20. The molecule has 0 unspecified atom stereocenters. The van der Waals surface area contributed by atoms with Crippen LogP contribution in [0.15, 0.2) is 42.5 Å². The van der Waals surface area contributed by atoms with Crippen LogP contribution >= 0.6 is 0 Å². The van der Waals surface area contributed by atoms with Crippen molar-refractivity contribution < 1.29 is 4.74 Å². The fourth-order valence-corrected chi connectivity index (χ4v) is 3.42. The van der Waals surface area contributed by atoms with E-state index in [1.807, 2.05) is 6.07 Å². The topological polar surface area (TPSA) is 27.7 Å². The van der Waals surface area contributed by atoms with Crippen molar-refractivity contribution in [2.24, 2.45) is 0 Å². The summed E-state index contributed by atoms with van der Waals surface area (Å²) in [5.41, 5.74) is 3.69. The molecule has 1 fully saturated rings. The maximum absolute atomic E-state index is 6.25. The van der Waals surface area contributed by atoms with Crippen LogP contribution in [0.25, 0.3) is 0 Å². The Morgan fingerprint density at radius 3 is 2.48 bits per heavy atom. The molecule has 134 valence electrons. The number of benzene rings is 2. The van der Waals surface area contributed by atoms with E-state index in [-0.39, 0.29) is 0 Å². The smallest absolute Gasteiger partial charge is 0.132 e. The second kappa shape index (κ2) is 8.26. The van der Waals surface area contributed by atoms with E-state index in [0.29, 0.717) is 0 Å². The van der Waals surface area contributed by atoms with Crippen molar-refractivity contribution in [3.63, 3.8) is 0 Å². The molecule has 1 heterocycles. The first-order valence-corrected chi connectivity index (χ1v) is 9.31. The summed E-state index contributed by atoms with van der Waals surface area (Å²) >= 11 is 0. The molecule has 1 aliphatic rings. The molecule has 0 aliphatic carbocycles. The van der Waals surface area contributed by atoms with E-state index in [9.17, 15) is 0 Å². The largest absolute Gasteiger partial charge is 0.457 e. The lowest BCUT2D eigenvalue weighted by Gasteiger charge is -2.31. The van der Waals surface area contributed by atoms with Gasteiger partial charge in [0.2, 0.25) is 0 Å². The fraction of sp³-hybridized carbons (Fsp3) is 0.429. The summed E-state index contributed by atoms with van der Waals surface area (Å²) in [6.07, 6.45) is 0. The van der Waals surface area contributed by atoms with Gasteiger partial charge >= 0.3 is 0 Å². The summed E-state index contributed by atoms with van der Waals surface area (Å²) in [6.45, 7) is 12.7. The van der Waals surface area contributed by atoms with E-state index >= 15 is 0 Å². The van der Waals surface area contributed by atoms with Gasteiger partial charge in [-0.15, -0.1) is 0 Å². The van der Waals surface area contributed by atoms with Gasteiger partial charge in [-0.3, -0.25) is 0 Å². The Bertz CT molecular complexity index is 691. The van der Waals surface area contributed by atoms with Crippen LogP contribution in [0.3, 0.4) is 0 Å². The van der Waals surface area contributed by atoms with Gasteiger partial charge in [0.05, 0.1) is 0 Å². The normalized spacial score (nSPS) is 14.4. The summed E-state index contributed by atoms with van der Waals surface area (Å²) in [6, 6.07) is 14.7. The molecule has 3 rings (SSSR count). The average Bonchev–Trinajstić information content (AvgIpc) is 2.66. The van der Waals surface area contributed by atoms with E-state index in [2.05, 4.69) is 72.3 Å². The zero-order chi connectivity index (χ0) is 17.6. The second-order valence-electron chi connectivity index (χ2n) is 6.41. The van der Waals surface area contributed by atoms with Gasteiger partial charge in [0.15, 0.2) is 0 Å². The van der Waals surface area contributed by atoms with Crippen LogP contribution in [0.4, 0.5) is 11.4 Å². The molecule has 4 nitrogen and oxygen atoms in total. The van der Waals surface area contributed by atoms with E-state index in [0.717, 1.165) is 50.8 Å². The van der Waals surface area contributed by atoms with Crippen LogP contribution in [0.5, 0.6) is 11.5 Å². The van der Waals surface area contributed by atoms with Crippen LogP contribution in [0.1, 0.15) is 19.4 Å². The van der Waals surface area contributed by atoms with Crippen LogP contribution in [-0.4, -0.2) is 39.3 Å². The molecular weight excluding hydrogens is 310 g/mol. The van der Waals surface area contributed by atoms with Crippen LogP contribution in [0, 0.1) is 6.92 Å². The number of hydrogen-bond acceptors (Lipinski definition) is 4. The number of piperazine rings is 1. The van der Waals surface area contributed by atoms with Crippen LogP contribution in [-0.2, 0) is 0 Å². The predicted octanol–water partition coefficient (Wildman–Crippen LogP) is 4.04. The molecule has 0 bridgehead atoms. The monoisotopic (exact) mass is 339 g/mol. The van der Waals surface area contributed by atoms with Crippen molar-refractivity contribution >= 4 is 11.4 Å². The maximum atomic E-state index is 6.25. The number of nitrogens with one attached hydrogen (secondary N) is 1. The second-order valence-corrected chi connectivity index (χ2v) is 6.41. The highest BCUT2D eigenvalue weighted by Crippen LogP contribution is 2.33. The third kappa shape index (κ3) is 4.07. The van der Waals surface area contributed by atoms with Crippen LogP contribution < -0.4 is 19.9 Å². The molecule has 1 saturated heterocycles. The van der Waals surface area contributed by atoms with Crippen molar-refractivity contribution in [1.29, 1.82) is 0 Å². The Labute approximate surface area is 151 Å². The molecule has 0 saturated carbocycles. The van der Waals surface area contributed by atoms with Gasteiger partial charge in [0, 0.05) is 62.3 Å². The molecule has 2 aromatic rings. The Morgan fingerprint density at radius 2 is 1.76 bits per heavy atom. The molecule has 0 aromatic heterocycles. The van der Waals surface area contributed by atoms with E-state index in [1.165, 1.54) is 16.9 Å². The number of rotatable bonds is 6. The van der Waals surface area contributed by atoms with Crippen molar-refractivity contribution in [3.8, 4) is 11.5 Å². The molecule has 0 radical (unpaired) electrons. The molecular formula is C21H29N3O. The minimum absolute atomic E-state index is 0.893. The lowest BCUT2D eigenvalue weighted by Crippen LogP contribution is -2.43. The standard InChI is InChI=1S/C21H29N3O/c1-4-23(5-2)18-8-6-9-19(16-18)25-21-11-7-10-20(17(21)3)24-14-12-22-13-15-24/h6-11,16,22H,4-5,12-15H2,1-3H3. The SMILES string of the molecule is CCN(CC)c1cccc(Oc2cccc(N3CCNCC3)c2C)c1. The predicted molar refractivity (Wildman–Crippen MR) is 106 cm³/mol. The minimum Gasteiger partial charge on any atom is -0.457 e. The van der Waals surface area contributed by atoms with Crippen molar-refractivity contribution in [2.75, 3.05) is 49.1 Å². The van der Waals surface area contributed by atoms with E-state index in [4.69, 9.17) is 4.74 Å². The van der Waals surface area contributed by atoms with Gasteiger partial charge < -0.3 is 19.9 Å². The lowest BCUT2D eigenvalue weighted by atomic mass is 10.1. The fourth-order valence-electron chi connectivity index (χ4n) is 3.42. The highest BCUT2D eigenvalue weighted by molar-refractivity contribution is 5.60. The molecule has 4 heteroatoms. The molecule has 0 spiro atoms. The Balaban J connectivity index is 1.82. The summed E-state index contributed by atoms with van der Waals surface area (Å²) in [5.74, 6) is 1.83. The molecule has 25 heavy (non-hydrogen) atoms. The van der Waals surface area contributed by atoms with E-state index < -0.39 is 0 Å². The zero-order valence-corrected chi connectivity index (χ0v) is 15.6. The Kier molecular flexibility index (Phi) is 5.82. The van der Waals surface area contributed by atoms with Crippen molar-refractivity contribution in [2.45, 2.75) is 20.8 Å². The third-order valence-corrected chi connectivity index (χ3v) is 4.89. The summed E-state index contributed by atoms with van der Waals surface area (Å²) in [4.78, 5) is 4.77. The maximum Gasteiger partial charge on any atom is 0.132 e. The van der Waals surface area contributed by atoms with Gasteiger partial charge in [-0.05, 0) is 45.0 Å². The summed E-state index contributed by atoms with van der Waals surface area (Å²) in [7, 11) is 0. The number of ether oxygens (including phenoxy) is 1. The highest BCUT2D eigenvalue weighted by Gasteiger charge is 2.15. The zero-order valence-electron chi connectivity index (χ0n) is 15.6. The summed E-state index contributed by atoms with van der Waals surface area (Å²) < 4.78 is 6.25. The van der Waals surface area contributed by atoms with Gasteiger partial charge in [-0.25, -0.2) is 0 Å². The summed E-state index contributed by atoms with van der Waals surface area (Å²) in [5, 5.41) is 3.41. The molecule has 1 aliphatic heterocycles. The quantitative estimate of drug-likeness (QED) is 0.859. The van der Waals surface area contributed by atoms with Gasteiger partial charge in [0.1, 0.15) is 11.5 Å². The lowest BCUT2D eigenvalue weighted by molar-refractivity contribution is 0.478. The minimum atomic E-state index is 0.893. The first-order valence-electron chi connectivity index (χ1n) is 9.31. The third-order valence-electron chi connectivity index (χ3n) is 4.89. The molecule has 0 amide bonds. The molecule has 2 aromatic carbocycles. The van der Waals surface area contributed by atoms with Gasteiger partial charge in [-0.1, -0.05) is 12.1 Å². The number of nitrogens with zero attached hydrogens (tertiary/aromatic N) is 2. The number of hydrogen-bond donors (Lipinski definition) is 1.